The van der Waals surface area contributed by atoms with Gasteiger partial charge in [-0.05, 0) is 33.5 Å². The Morgan fingerprint density at radius 2 is 1.38 bits per heavy atom. The molecular weight excluding hydrogens is 356 g/mol. The third-order valence-electron chi connectivity index (χ3n) is 5.45. The van der Waals surface area contributed by atoms with Crippen molar-refractivity contribution in [2.24, 2.45) is 0 Å². The van der Waals surface area contributed by atoms with E-state index in [2.05, 4.69) is 42.5 Å². The van der Waals surface area contributed by atoms with E-state index in [1.54, 1.807) is 0 Å². The molecule has 0 aliphatic carbocycles. The van der Waals surface area contributed by atoms with Crippen LogP contribution in [0.15, 0.2) is 103 Å². The summed E-state index contributed by atoms with van der Waals surface area (Å²) in [6.07, 6.45) is 2.57. The van der Waals surface area contributed by atoms with Crippen molar-refractivity contribution >= 4 is 22.3 Å². The lowest BCUT2D eigenvalue weighted by Crippen LogP contribution is -2.19. The molecule has 4 aromatic rings. The number of hydrogen-bond donors (Lipinski definition) is 0. The Hall–Kier alpha value is -3.65. The van der Waals surface area contributed by atoms with Crippen molar-refractivity contribution in [2.75, 3.05) is 0 Å². The highest BCUT2D eigenvalue weighted by atomic mass is 16.5. The van der Waals surface area contributed by atoms with Crippen molar-refractivity contribution in [1.82, 2.24) is 0 Å². The number of allylic oxidation sites excluding steroid dienone is 1. The van der Waals surface area contributed by atoms with Gasteiger partial charge in [0.15, 0.2) is 0 Å². The lowest BCUT2D eigenvalue weighted by Gasteiger charge is -2.25. The van der Waals surface area contributed by atoms with Gasteiger partial charge < -0.3 is 4.74 Å². The van der Waals surface area contributed by atoms with E-state index >= 15 is 0 Å². The number of benzene rings is 4. The summed E-state index contributed by atoms with van der Waals surface area (Å²) in [6.45, 7) is 0. The second-order valence-corrected chi connectivity index (χ2v) is 7.30. The first kappa shape index (κ1) is 17.4. The molecule has 5 rings (SSSR count). The van der Waals surface area contributed by atoms with Crippen molar-refractivity contribution in [3.05, 3.63) is 120 Å². The van der Waals surface area contributed by atoms with Crippen molar-refractivity contribution in [3.8, 4) is 5.75 Å². The average Bonchev–Trinajstić information content (AvgIpc) is 2.78. The molecule has 2 heteroatoms. The van der Waals surface area contributed by atoms with Gasteiger partial charge in [0.25, 0.3) is 0 Å². The predicted octanol–water partition coefficient (Wildman–Crippen LogP) is 6.36. The molecule has 0 fully saturated rings. The van der Waals surface area contributed by atoms with Crippen molar-refractivity contribution < 1.29 is 9.53 Å². The Labute approximate surface area is 170 Å². The number of fused-ring (bicyclic) bond motifs is 3. The van der Waals surface area contributed by atoms with Gasteiger partial charge in [-0.15, -0.1) is 0 Å². The van der Waals surface area contributed by atoms with E-state index in [1.165, 1.54) is 0 Å². The zero-order chi connectivity index (χ0) is 19.6. The minimum absolute atomic E-state index is 0.0484. The van der Waals surface area contributed by atoms with Crippen LogP contribution in [0.3, 0.4) is 0 Å². The van der Waals surface area contributed by atoms with Crippen LogP contribution in [-0.4, -0.2) is 5.97 Å². The summed E-state index contributed by atoms with van der Waals surface area (Å²) in [5.41, 5.74) is 4.50. The first-order valence-corrected chi connectivity index (χ1v) is 9.84. The fourth-order valence-electron chi connectivity index (χ4n) is 4.13. The van der Waals surface area contributed by atoms with Crippen LogP contribution < -0.4 is 4.74 Å². The molecule has 29 heavy (non-hydrogen) atoms. The molecule has 1 unspecified atom stereocenters. The van der Waals surface area contributed by atoms with Crippen LogP contribution in [0, 0.1) is 0 Å². The standard InChI is InChI=1S/C27H20O2/c28-26-18-22(27-23-14-8-7-13-21(23)15-16-25(27)29-26)17-24(19-9-3-1-4-10-19)20-11-5-2-6-12-20/h1-17,22H,18H2. The van der Waals surface area contributed by atoms with E-state index in [0.29, 0.717) is 12.2 Å². The molecule has 0 amide bonds. The molecule has 2 nitrogen and oxygen atoms in total. The van der Waals surface area contributed by atoms with E-state index in [9.17, 15) is 4.79 Å². The summed E-state index contributed by atoms with van der Waals surface area (Å²) < 4.78 is 5.59. The zero-order valence-corrected chi connectivity index (χ0v) is 15.9. The van der Waals surface area contributed by atoms with Gasteiger partial charge in [0.05, 0.1) is 6.42 Å². The van der Waals surface area contributed by atoms with Gasteiger partial charge in [0, 0.05) is 11.5 Å². The van der Waals surface area contributed by atoms with Crippen LogP contribution in [-0.2, 0) is 4.79 Å². The normalized spacial score (nSPS) is 15.4. The van der Waals surface area contributed by atoms with Crippen molar-refractivity contribution in [3.63, 3.8) is 0 Å². The van der Waals surface area contributed by atoms with Crippen LogP contribution in [0.25, 0.3) is 16.3 Å². The largest absolute Gasteiger partial charge is 0.426 e. The maximum atomic E-state index is 12.4. The van der Waals surface area contributed by atoms with Gasteiger partial charge in [-0.25, -0.2) is 0 Å². The highest BCUT2D eigenvalue weighted by Gasteiger charge is 2.28. The summed E-state index contributed by atoms with van der Waals surface area (Å²) in [5.74, 6) is 0.434. The molecule has 0 saturated carbocycles. The molecular formula is C27H20O2. The summed E-state index contributed by atoms with van der Waals surface area (Å²) in [5, 5.41) is 2.29. The summed E-state index contributed by atoms with van der Waals surface area (Å²) in [4.78, 5) is 12.4. The molecule has 0 N–H and O–H groups in total. The summed E-state index contributed by atoms with van der Waals surface area (Å²) in [6, 6.07) is 32.9. The van der Waals surface area contributed by atoms with Crippen LogP contribution >= 0.6 is 0 Å². The molecule has 1 heterocycles. The average molecular weight is 376 g/mol. The highest BCUT2D eigenvalue weighted by Crippen LogP contribution is 2.42. The van der Waals surface area contributed by atoms with Gasteiger partial charge in [-0.1, -0.05) is 97.1 Å². The topological polar surface area (TPSA) is 26.3 Å². The van der Waals surface area contributed by atoms with Crippen LogP contribution in [0.1, 0.15) is 29.0 Å². The fraction of sp³-hybridized carbons (Fsp3) is 0.0741. The monoisotopic (exact) mass is 376 g/mol. The third-order valence-corrected chi connectivity index (χ3v) is 5.45. The van der Waals surface area contributed by atoms with E-state index in [0.717, 1.165) is 33.0 Å². The first-order valence-electron chi connectivity index (χ1n) is 9.84. The van der Waals surface area contributed by atoms with E-state index in [4.69, 9.17) is 4.74 Å². The number of rotatable bonds is 3. The lowest BCUT2D eigenvalue weighted by atomic mass is 9.85. The van der Waals surface area contributed by atoms with Gasteiger partial charge in [-0.3, -0.25) is 4.79 Å². The molecule has 1 aliphatic heterocycles. The lowest BCUT2D eigenvalue weighted by molar-refractivity contribution is -0.135. The molecule has 1 aliphatic rings. The van der Waals surface area contributed by atoms with Crippen LogP contribution in [0.4, 0.5) is 0 Å². The molecule has 0 spiro atoms. The minimum atomic E-state index is -0.186. The Balaban J connectivity index is 1.73. The number of hydrogen-bond acceptors (Lipinski definition) is 2. The minimum Gasteiger partial charge on any atom is -0.426 e. The van der Waals surface area contributed by atoms with Crippen molar-refractivity contribution in [1.29, 1.82) is 0 Å². The van der Waals surface area contributed by atoms with E-state index in [-0.39, 0.29) is 11.9 Å². The summed E-state index contributed by atoms with van der Waals surface area (Å²) >= 11 is 0. The van der Waals surface area contributed by atoms with Gasteiger partial charge in [0.2, 0.25) is 0 Å². The molecule has 0 bridgehead atoms. The van der Waals surface area contributed by atoms with E-state index < -0.39 is 0 Å². The smallest absolute Gasteiger partial charge is 0.312 e. The number of carbonyl (C=O) groups excluding carboxylic acids is 1. The molecule has 4 aromatic carbocycles. The number of esters is 1. The zero-order valence-electron chi connectivity index (χ0n) is 15.9. The van der Waals surface area contributed by atoms with Crippen LogP contribution in [0.5, 0.6) is 5.75 Å². The third kappa shape index (κ3) is 3.34. The van der Waals surface area contributed by atoms with Gasteiger partial charge in [-0.2, -0.15) is 0 Å². The second kappa shape index (κ2) is 7.40. The fourth-order valence-corrected chi connectivity index (χ4v) is 4.13. The van der Waals surface area contributed by atoms with Gasteiger partial charge in [0.1, 0.15) is 5.75 Å². The molecule has 140 valence electrons. The highest BCUT2D eigenvalue weighted by molar-refractivity contribution is 5.93. The molecule has 0 aromatic heterocycles. The Kier molecular flexibility index (Phi) is 4.45. The Morgan fingerprint density at radius 3 is 2.07 bits per heavy atom. The Bertz CT molecular complexity index is 1170. The SMILES string of the molecule is O=C1CC(C=C(c2ccccc2)c2ccccc2)c2c(ccc3ccccc23)O1. The first-order chi connectivity index (χ1) is 14.3. The molecule has 1 atom stereocenters. The van der Waals surface area contributed by atoms with E-state index in [1.807, 2.05) is 60.7 Å². The summed E-state index contributed by atoms with van der Waals surface area (Å²) in [7, 11) is 0. The molecule has 0 saturated heterocycles. The van der Waals surface area contributed by atoms with Crippen molar-refractivity contribution in [2.45, 2.75) is 12.3 Å². The quantitative estimate of drug-likeness (QED) is 0.307. The van der Waals surface area contributed by atoms with Gasteiger partial charge >= 0.3 is 5.97 Å². The van der Waals surface area contributed by atoms with Crippen LogP contribution in [0.2, 0.25) is 0 Å². The second-order valence-electron chi connectivity index (χ2n) is 7.30. The maximum Gasteiger partial charge on any atom is 0.312 e. The Morgan fingerprint density at radius 1 is 0.759 bits per heavy atom. The number of ether oxygens (including phenoxy) is 1. The maximum absolute atomic E-state index is 12.4. The number of carbonyl (C=O) groups is 1. The molecule has 0 radical (unpaired) electrons. The predicted molar refractivity (Wildman–Crippen MR) is 117 cm³/mol.